The third kappa shape index (κ3) is 1.18. The van der Waals surface area contributed by atoms with Crippen molar-refractivity contribution in [1.82, 2.24) is 0 Å². The highest BCUT2D eigenvalue weighted by Gasteiger charge is 2.19. The van der Waals surface area contributed by atoms with Crippen molar-refractivity contribution in [3.05, 3.63) is 48.5 Å². The van der Waals surface area contributed by atoms with Gasteiger partial charge in [0.05, 0.1) is 0 Å². The van der Waals surface area contributed by atoms with Crippen molar-refractivity contribution in [3.8, 4) is 0 Å². The summed E-state index contributed by atoms with van der Waals surface area (Å²) in [5.41, 5.74) is 0. The highest BCUT2D eigenvalue weighted by atomic mass is 32.2. The zero-order valence-corrected chi connectivity index (χ0v) is 8.93. The summed E-state index contributed by atoms with van der Waals surface area (Å²) in [4.78, 5) is 0. The van der Waals surface area contributed by atoms with E-state index in [4.69, 9.17) is 0 Å². The molecule has 1 heterocycles. The molecule has 1 aromatic heterocycles. The molecule has 74 valence electrons. The number of thiophene rings is 1. The van der Waals surface area contributed by atoms with Crippen LogP contribution < -0.4 is 0 Å². The van der Waals surface area contributed by atoms with Gasteiger partial charge in [-0.3, -0.25) is 0 Å². The predicted molar refractivity (Wildman–Crippen MR) is 65.0 cm³/mol. The standard InChI is InChI=1S/C13H10FS/c14-9-15-12-7-3-1-5-10(12)11-6-2-4-8-13(11)15/h1-8H,9H2/q+1. The second-order valence-corrected chi connectivity index (χ2v) is 5.37. The van der Waals surface area contributed by atoms with Gasteiger partial charge in [-0.2, -0.15) is 4.39 Å². The van der Waals surface area contributed by atoms with E-state index in [0.717, 1.165) is 9.40 Å². The Balaban J connectivity index is 2.62. The zero-order chi connectivity index (χ0) is 10.3. The van der Waals surface area contributed by atoms with Crippen molar-refractivity contribution in [1.29, 1.82) is 0 Å². The highest BCUT2D eigenvalue weighted by Crippen LogP contribution is 2.43. The molecular weight excluding hydrogens is 207 g/mol. The fraction of sp³-hybridized carbons (Fsp3) is 0.0769. The number of benzene rings is 2. The van der Waals surface area contributed by atoms with Crippen LogP contribution in [0.1, 0.15) is 0 Å². The van der Waals surface area contributed by atoms with Crippen molar-refractivity contribution in [2.75, 3.05) is 0 Å². The first-order valence-corrected chi connectivity index (χ1v) is 6.26. The summed E-state index contributed by atoms with van der Waals surface area (Å²) in [6, 6.07) is 16.0. The molecule has 2 aromatic carbocycles. The summed E-state index contributed by atoms with van der Waals surface area (Å²) in [6.45, 7) is 0. The van der Waals surface area contributed by atoms with Gasteiger partial charge in [-0.25, -0.2) is 0 Å². The van der Waals surface area contributed by atoms with Gasteiger partial charge in [-0.15, -0.1) is 0 Å². The minimum absolute atomic E-state index is 0.284. The van der Waals surface area contributed by atoms with E-state index < -0.39 is 0 Å². The third-order valence-electron chi connectivity index (χ3n) is 2.70. The molecule has 2 heteroatoms. The van der Waals surface area contributed by atoms with Crippen molar-refractivity contribution >= 4 is 30.6 Å². The molecule has 0 bridgehead atoms. The van der Waals surface area contributed by atoms with Gasteiger partial charge in [0.1, 0.15) is 0 Å². The van der Waals surface area contributed by atoms with Crippen molar-refractivity contribution < 1.29 is 4.39 Å². The van der Waals surface area contributed by atoms with Crippen LogP contribution in [-0.4, -0.2) is 0 Å². The van der Waals surface area contributed by atoms with Crippen LogP contribution in [0, 0.1) is 0 Å². The van der Waals surface area contributed by atoms with Crippen molar-refractivity contribution in [2.45, 2.75) is 6.01 Å². The molecule has 0 amide bonds. The zero-order valence-electron chi connectivity index (χ0n) is 8.11. The Morgan fingerprint density at radius 2 is 1.27 bits per heavy atom. The fourth-order valence-corrected chi connectivity index (χ4v) is 3.89. The average Bonchev–Trinajstić information content (AvgIpc) is 2.63. The van der Waals surface area contributed by atoms with Crippen LogP contribution in [0.5, 0.6) is 0 Å². The van der Waals surface area contributed by atoms with Crippen LogP contribution in [0.25, 0.3) is 20.2 Å². The van der Waals surface area contributed by atoms with Crippen LogP contribution in [0.4, 0.5) is 4.39 Å². The average molecular weight is 217 g/mol. The van der Waals surface area contributed by atoms with E-state index in [1.807, 2.05) is 36.4 Å². The Kier molecular flexibility index (Phi) is 1.96. The summed E-state index contributed by atoms with van der Waals surface area (Å²) in [5, 5.41) is 2.41. The number of alkyl halides is 1. The Morgan fingerprint density at radius 1 is 0.800 bits per heavy atom. The quantitative estimate of drug-likeness (QED) is 0.520. The van der Waals surface area contributed by atoms with Crippen LogP contribution in [0.2, 0.25) is 0 Å². The highest BCUT2D eigenvalue weighted by molar-refractivity contribution is 7.42. The minimum Gasteiger partial charge on any atom is -0.188 e. The second-order valence-electron chi connectivity index (χ2n) is 3.49. The lowest BCUT2D eigenvalue weighted by molar-refractivity contribution is 0.543. The summed E-state index contributed by atoms with van der Waals surface area (Å²) >= 11 is 0. The molecule has 0 N–H and O–H groups in total. The molecule has 3 rings (SSSR count). The van der Waals surface area contributed by atoms with E-state index in [1.54, 1.807) is 0 Å². The van der Waals surface area contributed by atoms with Crippen LogP contribution >= 0.6 is 10.5 Å². The maximum absolute atomic E-state index is 13.1. The van der Waals surface area contributed by atoms with Gasteiger partial charge in [0, 0.05) is 21.2 Å². The first-order valence-electron chi connectivity index (χ1n) is 4.87. The molecule has 0 radical (unpaired) electrons. The number of rotatable bonds is 1. The van der Waals surface area contributed by atoms with E-state index in [1.165, 1.54) is 10.8 Å². The molecule has 0 saturated carbocycles. The molecule has 0 unspecified atom stereocenters. The predicted octanol–water partition coefficient (Wildman–Crippen LogP) is 4.67. The maximum atomic E-state index is 13.1. The normalized spacial score (nSPS) is 11.3. The maximum Gasteiger partial charge on any atom is 0.266 e. The SMILES string of the molecule is FC[s+]1c2ccccc2c2ccccc21. The van der Waals surface area contributed by atoms with E-state index in [-0.39, 0.29) is 16.5 Å². The van der Waals surface area contributed by atoms with E-state index in [2.05, 4.69) is 12.1 Å². The summed E-state index contributed by atoms with van der Waals surface area (Å²) < 4.78 is 15.4. The van der Waals surface area contributed by atoms with Gasteiger partial charge in [-0.1, -0.05) is 24.3 Å². The van der Waals surface area contributed by atoms with Gasteiger partial charge in [0.2, 0.25) is 0 Å². The lowest BCUT2D eigenvalue weighted by Gasteiger charge is -1.83. The smallest absolute Gasteiger partial charge is 0.188 e. The Morgan fingerprint density at radius 3 is 1.73 bits per heavy atom. The fourth-order valence-electron chi connectivity index (χ4n) is 2.04. The summed E-state index contributed by atoms with van der Waals surface area (Å²) in [7, 11) is -0.351. The Bertz CT molecular complexity index is 571. The second kappa shape index (κ2) is 3.31. The molecular formula is C13H10FS+. The number of halogens is 1. The minimum atomic E-state index is -0.351. The summed E-state index contributed by atoms with van der Waals surface area (Å²) in [6.07, 6.45) is 0. The van der Waals surface area contributed by atoms with E-state index in [0.29, 0.717) is 0 Å². The molecule has 0 saturated heterocycles. The van der Waals surface area contributed by atoms with Gasteiger partial charge in [-0.05, 0) is 24.3 Å². The largest absolute Gasteiger partial charge is 0.266 e. The Labute approximate surface area is 89.9 Å². The van der Waals surface area contributed by atoms with Gasteiger partial charge in [0.15, 0.2) is 9.40 Å². The lowest BCUT2D eigenvalue weighted by Crippen LogP contribution is -1.62. The Hall–Kier alpha value is -1.41. The van der Waals surface area contributed by atoms with Gasteiger partial charge >= 0.3 is 0 Å². The monoisotopic (exact) mass is 217 g/mol. The molecule has 0 aliphatic heterocycles. The number of fused-ring (bicyclic) bond motifs is 3. The topological polar surface area (TPSA) is 0 Å². The molecule has 0 atom stereocenters. The van der Waals surface area contributed by atoms with Gasteiger partial charge in [0.25, 0.3) is 6.01 Å². The lowest BCUT2D eigenvalue weighted by atomic mass is 10.2. The van der Waals surface area contributed by atoms with Crippen molar-refractivity contribution in [3.63, 3.8) is 0 Å². The first kappa shape index (κ1) is 8.86. The van der Waals surface area contributed by atoms with Crippen LogP contribution in [0.3, 0.4) is 0 Å². The van der Waals surface area contributed by atoms with E-state index in [9.17, 15) is 4.39 Å². The molecule has 0 fully saturated rings. The van der Waals surface area contributed by atoms with Crippen LogP contribution in [0.15, 0.2) is 48.5 Å². The molecule has 0 spiro atoms. The first-order chi connectivity index (χ1) is 7.42. The van der Waals surface area contributed by atoms with Gasteiger partial charge < -0.3 is 0 Å². The molecule has 3 aromatic rings. The van der Waals surface area contributed by atoms with Crippen molar-refractivity contribution in [2.24, 2.45) is 0 Å². The van der Waals surface area contributed by atoms with Crippen LogP contribution in [-0.2, 0) is 6.01 Å². The number of hydrogen-bond acceptors (Lipinski definition) is 0. The molecule has 15 heavy (non-hydrogen) atoms. The molecule has 0 aliphatic carbocycles. The number of hydrogen-bond donors (Lipinski definition) is 0. The third-order valence-corrected chi connectivity index (χ3v) is 4.70. The molecule has 0 nitrogen and oxygen atoms in total. The molecule has 0 aliphatic rings. The van der Waals surface area contributed by atoms with E-state index >= 15 is 0 Å². The summed E-state index contributed by atoms with van der Waals surface area (Å²) in [5.74, 6) is 0.